The van der Waals surface area contributed by atoms with Crippen molar-refractivity contribution in [2.75, 3.05) is 55.1 Å². The van der Waals surface area contributed by atoms with Gasteiger partial charge in [-0.3, -0.25) is 4.79 Å². The third-order valence-electron chi connectivity index (χ3n) is 13.0. The van der Waals surface area contributed by atoms with Gasteiger partial charge in [0.2, 0.25) is 0 Å². The Morgan fingerprint density at radius 1 is 0.819 bits per heavy atom. The van der Waals surface area contributed by atoms with Gasteiger partial charge in [-0.2, -0.15) is 0 Å². The van der Waals surface area contributed by atoms with Crippen LogP contribution < -0.4 is 24.3 Å². The lowest BCUT2D eigenvalue weighted by Crippen LogP contribution is -2.38. The molecule has 83 heavy (non-hydrogen) atoms. The van der Waals surface area contributed by atoms with Crippen molar-refractivity contribution in [1.29, 1.82) is 0 Å². The summed E-state index contributed by atoms with van der Waals surface area (Å²) in [5, 5.41) is 16.5. The molecule has 3 aliphatic rings. The molecule has 7 rings (SSSR count). The quantitative estimate of drug-likeness (QED) is 0.0196. The minimum Gasteiger partial charge on any atom is -0.497 e. The van der Waals surface area contributed by atoms with Crippen LogP contribution in [-0.4, -0.2) is 132 Å². The van der Waals surface area contributed by atoms with Crippen LogP contribution in [0.2, 0.25) is 0 Å². The first-order valence-corrected chi connectivity index (χ1v) is 26.9. The first-order valence-electron chi connectivity index (χ1n) is 26.9. The van der Waals surface area contributed by atoms with E-state index in [0.29, 0.717) is 64.5 Å². The zero-order valence-corrected chi connectivity index (χ0v) is 48.4. The number of carboxylic acids is 1. The van der Waals surface area contributed by atoms with E-state index < -0.39 is 66.1 Å². The lowest BCUT2D eigenvalue weighted by atomic mass is 9.99. The van der Waals surface area contributed by atoms with E-state index in [1.54, 1.807) is 118 Å². The number of aromatic carboxylic acids is 1. The Hall–Kier alpha value is -8.01. The number of amides is 1. The fourth-order valence-corrected chi connectivity index (χ4v) is 9.17. The van der Waals surface area contributed by atoms with Crippen LogP contribution in [0.3, 0.4) is 0 Å². The van der Waals surface area contributed by atoms with E-state index in [9.17, 15) is 24.3 Å². The molecule has 0 aromatic heterocycles. The summed E-state index contributed by atoms with van der Waals surface area (Å²) in [6.07, 6.45) is 11.3. The van der Waals surface area contributed by atoms with E-state index in [4.69, 9.17) is 62.4 Å². The second-order valence-electron chi connectivity index (χ2n) is 20.5. The van der Waals surface area contributed by atoms with Crippen molar-refractivity contribution in [3.8, 4) is 23.0 Å². The average Bonchev–Trinajstić information content (AvgIpc) is 4.15. The molecule has 0 radical (unpaired) electrons. The Labute approximate surface area is 483 Å². The lowest BCUT2D eigenvalue weighted by Gasteiger charge is -2.25. The molecule has 444 valence electrons. The van der Waals surface area contributed by atoms with Gasteiger partial charge in [0.05, 0.1) is 43.1 Å². The van der Waals surface area contributed by atoms with Gasteiger partial charge in [-0.05, 0) is 118 Å². The van der Waals surface area contributed by atoms with Crippen LogP contribution in [-0.2, 0) is 37.9 Å². The number of fused-ring (bicyclic) bond motifs is 2. The summed E-state index contributed by atoms with van der Waals surface area (Å²) in [5.74, 6) is -3.16. The number of rotatable bonds is 21. The van der Waals surface area contributed by atoms with Crippen molar-refractivity contribution in [3.05, 3.63) is 165 Å². The molecule has 1 amide bonds. The van der Waals surface area contributed by atoms with Gasteiger partial charge in [-0.1, -0.05) is 91.8 Å². The van der Waals surface area contributed by atoms with E-state index in [0.717, 1.165) is 0 Å². The maximum Gasteiger partial charge on any atom is 0.340 e. The summed E-state index contributed by atoms with van der Waals surface area (Å²) in [7, 11) is 5.97. The molecule has 21 nitrogen and oxygen atoms in total. The van der Waals surface area contributed by atoms with Crippen LogP contribution in [0.15, 0.2) is 126 Å². The van der Waals surface area contributed by atoms with Crippen molar-refractivity contribution in [1.82, 2.24) is 5.32 Å². The molecular formula is C62H74N4O17. The first kappa shape index (κ1) is 64.2. The van der Waals surface area contributed by atoms with Crippen LogP contribution >= 0.6 is 0 Å². The Bertz CT molecular complexity index is 2990. The van der Waals surface area contributed by atoms with Gasteiger partial charge < -0.3 is 67.3 Å². The van der Waals surface area contributed by atoms with Gasteiger partial charge >= 0.3 is 17.9 Å². The molecule has 2 fully saturated rings. The Morgan fingerprint density at radius 3 is 2.08 bits per heavy atom. The van der Waals surface area contributed by atoms with E-state index in [2.05, 4.69) is 15.3 Å². The number of hydrogen-bond acceptors (Lipinski definition) is 17. The number of carboxylic acid groups (broad SMARTS) is 1. The van der Waals surface area contributed by atoms with Crippen molar-refractivity contribution < 1.29 is 81.1 Å². The highest BCUT2D eigenvalue weighted by Gasteiger charge is 2.47. The predicted molar refractivity (Wildman–Crippen MR) is 307 cm³/mol. The fourth-order valence-electron chi connectivity index (χ4n) is 9.17. The number of nitrogens with one attached hydrogen (secondary N) is 1. The van der Waals surface area contributed by atoms with Gasteiger partial charge in [0.15, 0.2) is 25.2 Å². The minimum absolute atomic E-state index is 0.0250. The molecule has 0 bridgehead atoms. The summed E-state index contributed by atoms with van der Waals surface area (Å²) in [6.45, 7) is 11.4. The van der Waals surface area contributed by atoms with Gasteiger partial charge in [0, 0.05) is 44.4 Å². The minimum atomic E-state index is -1.18. The molecular weight excluding hydrogens is 1070 g/mol. The molecule has 0 saturated carbocycles. The van der Waals surface area contributed by atoms with Crippen LogP contribution in [0.4, 0.5) is 0 Å². The molecule has 2 N–H and O–H groups in total. The average molecular weight is 1150 g/mol. The van der Waals surface area contributed by atoms with Crippen LogP contribution in [0.1, 0.15) is 107 Å². The van der Waals surface area contributed by atoms with Crippen molar-refractivity contribution >= 4 is 36.0 Å². The molecule has 4 aromatic rings. The molecule has 8 atom stereocenters. The Morgan fingerprint density at radius 2 is 1.45 bits per heavy atom. The zero-order valence-electron chi connectivity index (χ0n) is 48.4. The number of ether oxygens (including phenoxy) is 12. The van der Waals surface area contributed by atoms with Crippen LogP contribution in [0, 0.1) is 11.8 Å². The summed E-state index contributed by atoms with van der Waals surface area (Å²) in [6, 6.07) is 23.9. The summed E-state index contributed by atoms with van der Waals surface area (Å²) in [5.41, 5.74) is 10.8. The molecule has 0 spiro atoms. The highest BCUT2D eigenvalue weighted by molar-refractivity contribution is 6.01. The summed E-state index contributed by atoms with van der Waals surface area (Å²) >= 11 is 0. The highest BCUT2D eigenvalue weighted by Crippen LogP contribution is 2.38. The monoisotopic (exact) mass is 1150 g/mol. The number of azide groups is 1. The second kappa shape index (κ2) is 30.9. The van der Waals surface area contributed by atoms with Gasteiger partial charge in [-0.25, -0.2) is 14.4 Å². The topological polar surface area (TPSA) is 260 Å². The standard InChI is InChI=1S/C31H37N3O9.C31H37NO8/c1-20(18-33-34-32)14-15-24(41-30(37)21-10-7-6-8-11-21)28-25(42-31(2,3)43-28)13-9-12-22-16-23(39-5)17-26(40-19-38-4)27(22)29(35)36;1-20-14-15-24(38-30(34)21-10-7-6-8-11-21)28-25(39-31(2,3)40-28)13-9-12-22-16-23(36-5)17-26(37-19-35-4)27(22)29(33)32-18-20/h6-12,14-17,20,24-25,28H,13,18-19H2,1-5H3,(H,35,36);6-12,14-17,20,24-25,28H,13,18-19H2,1-5H3,(H,32,33)/b2*12-9+,15-14-/t20-,24?,25-,28+;20-,24?,25+,28?/m01/s1. The van der Waals surface area contributed by atoms with Gasteiger partial charge in [0.1, 0.15) is 53.0 Å². The molecule has 0 aliphatic carbocycles. The van der Waals surface area contributed by atoms with E-state index in [1.165, 1.54) is 27.4 Å². The van der Waals surface area contributed by atoms with E-state index >= 15 is 0 Å². The second-order valence-corrected chi connectivity index (χ2v) is 20.5. The number of methoxy groups -OCH3 is 4. The predicted octanol–water partition coefficient (Wildman–Crippen LogP) is 10.8. The highest BCUT2D eigenvalue weighted by atomic mass is 16.8. The fraction of sp³-hybridized carbons (Fsp3) is 0.419. The number of esters is 2. The smallest absolute Gasteiger partial charge is 0.340 e. The van der Waals surface area contributed by atoms with E-state index in [-0.39, 0.29) is 49.2 Å². The number of benzene rings is 4. The first-order chi connectivity index (χ1) is 39.8. The van der Waals surface area contributed by atoms with Gasteiger partial charge in [0.25, 0.3) is 5.91 Å². The molecule has 3 heterocycles. The molecule has 2 saturated heterocycles. The maximum atomic E-state index is 13.4. The van der Waals surface area contributed by atoms with Crippen molar-refractivity contribution in [3.63, 3.8) is 0 Å². The molecule has 4 aromatic carbocycles. The number of hydrogen-bond donors (Lipinski definition) is 2. The SMILES string of the molecule is COCOc1cc(OC)cc(/C=C/C[C@@H]2OC(C)(C)O[C@@H]2C(/C=C\[C@H](C)CN=[N+]=[N-])OC(=O)c2ccccc2)c1C(=O)O.COCOc1cc(OC)cc2c1C(=O)NC[C@H](C)/C=C\C(OC(=O)c1ccccc1)C1OC(C)(C)O[C@H]1C/C=C/2. The Balaban J connectivity index is 0.000000267. The largest absolute Gasteiger partial charge is 0.497 e. The number of carbonyl (C=O) groups is 4. The Kier molecular flexibility index (Phi) is 23.9. The van der Waals surface area contributed by atoms with E-state index in [1.807, 2.05) is 58.1 Å². The molecule has 21 heteroatoms. The summed E-state index contributed by atoms with van der Waals surface area (Å²) < 4.78 is 68.9. The number of nitrogens with zero attached hydrogens (tertiary/aromatic N) is 3. The van der Waals surface area contributed by atoms with Crippen LogP contribution in [0.25, 0.3) is 22.6 Å². The zero-order chi connectivity index (χ0) is 60.1. The van der Waals surface area contributed by atoms with Crippen molar-refractivity contribution in [2.45, 2.75) is 103 Å². The lowest BCUT2D eigenvalue weighted by molar-refractivity contribution is -0.153. The molecule has 3 unspecified atom stereocenters. The van der Waals surface area contributed by atoms with Gasteiger partial charge in [-0.15, -0.1) is 0 Å². The third kappa shape index (κ3) is 18.8. The third-order valence-corrected chi connectivity index (χ3v) is 13.0. The maximum absolute atomic E-state index is 13.4. The number of carbonyl (C=O) groups excluding carboxylic acids is 3. The normalized spacial score (nSPS) is 22.4. The van der Waals surface area contributed by atoms with Crippen LogP contribution in [0.5, 0.6) is 23.0 Å². The summed E-state index contributed by atoms with van der Waals surface area (Å²) in [4.78, 5) is 54.4. The molecule has 3 aliphatic heterocycles. The van der Waals surface area contributed by atoms with Crippen molar-refractivity contribution in [2.24, 2.45) is 17.0 Å².